The van der Waals surface area contributed by atoms with E-state index in [0.29, 0.717) is 23.7 Å². The zero-order valence-electron chi connectivity index (χ0n) is 21.5. The number of rotatable bonds is 8. The lowest BCUT2D eigenvalue weighted by Gasteiger charge is -2.35. The number of Topliss-reactive ketones (excluding diaryl/α,β-unsaturated/α-hetero) is 1. The molecule has 4 rings (SSSR count). The summed E-state index contributed by atoms with van der Waals surface area (Å²) < 4.78 is 2.09. The van der Waals surface area contributed by atoms with Crippen molar-refractivity contribution in [1.82, 2.24) is 20.1 Å². The number of halogens is 1. The molecule has 2 N–H and O–H groups in total. The Morgan fingerprint density at radius 2 is 1.86 bits per heavy atom. The van der Waals surface area contributed by atoms with Gasteiger partial charge in [-0.15, -0.1) is 9.24 Å². The highest BCUT2D eigenvalue weighted by Crippen LogP contribution is 2.31. The lowest BCUT2D eigenvalue weighted by atomic mass is 9.83. The average molecular weight is 533 g/mol. The number of carbonyl (C=O) groups excluding carboxylic acids is 3. The molecule has 0 spiro atoms. The number of benzene rings is 1. The fourth-order valence-corrected chi connectivity index (χ4v) is 6.35. The lowest BCUT2D eigenvalue weighted by Crippen LogP contribution is -2.56. The zero-order valence-corrected chi connectivity index (χ0v) is 23.4. The molecule has 2 amide bonds. The van der Waals surface area contributed by atoms with E-state index in [4.69, 9.17) is 11.6 Å². The van der Waals surface area contributed by atoms with Crippen molar-refractivity contribution in [2.45, 2.75) is 83.5 Å². The van der Waals surface area contributed by atoms with Gasteiger partial charge < -0.3 is 20.1 Å². The molecule has 0 bridgehead atoms. The monoisotopic (exact) mass is 532 g/mol. The van der Waals surface area contributed by atoms with Crippen LogP contribution in [-0.2, 0) is 16.1 Å². The van der Waals surface area contributed by atoms with Gasteiger partial charge in [-0.05, 0) is 69.9 Å². The SMILES string of the molecule is CNC(C)C(=O)NC(C(=O)N1CCCC1Cn1cc(C(C)=O)c2c(P)c(Cl)ccc21)C1CCCCC1. The fraction of sp³-hybridized carbons (Fsp3) is 0.593. The summed E-state index contributed by atoms with van der Waals surface area (Å²) in [4.78, 5) is 41.2. The summed E-state index contributed by atoms with van der Waals surface area (Å²) in [6, 6.07) is 2.94. The Morgan fingerprint density at radius 1 is 1.14 bits per heavy atom. The normalized spacial score (nSPS) is 20.5. The van der Waals surface area contributed by atoms with Gasteiger partial charge in [-0.25, -0.2) is 0 Å². The van der Waals surface area contributed by atoms with Crippen molar-refractivity contribution in [3.8, 4) is 0 Å². The van der Waals surface area contributed by atoms with Crippen LogP contribution in [0.4, 0.5) is 0 Å². The van der Waals surface area contributed by atoms with E-state index in [1.54, 1.807) is 14.0 Å². The number of carbonyl (C=O) groups is 3. The van der Waals surface area contributed by atoms with Gasteiger partial charge in [-0.2, -0.15) is 0 Å². The summed E-state index contributed by atoms with van der Waals surface area (Å²) >= 11 is 6.36. The first-order chi connectivity index (χ1) is 17.2. The first-order valence-corrected chi connectivity index (χ1v) is 14.0. The Hall–Kier alpha value is -1.95. The van der Waals surface area contributed by atoms with Crippen molar-refractivity contribution in [1.29, 1.82) is 0 Å². The van der Waals surface area contributed by atoms with Gasteiger partial charge in [0.25, 0.3) is 0 Å². The van der Waals surface area contributed by atoms with E-state index in [-0.39, 0.29) is 35.6 Å². The molecule has 2 aliphatic rings. The Kier molecular flexibility index (Phi) is 8.75. The summed E-state index contributed by atoms with van der Waals surface area (Å²) in [5.41, 5.74) is 1.58. The van der Waals surface area contributed by atoms with Crippen LogP contribution >= 0.6 is 20.8 Å². The van der Waals surface area contributed by atoms with Crippen molar-refractivity contribution in [3.63, 3.8) is 0 Å². The van der Waals surface area contributed by atoms with E-state index in [1.165, 1.54) is 6.42 Å². The zero-order chi connectivity index (χ0) is 26.0. The van der Waals surface area contributed by atoms with E-state index < -0.39 is 6.04 Å². The number of hydrogen-bond acceptors (Lipinski definition) is 4. The van der Waals surface area contributed by atoms with Crippen LogP contribution in [0.1, 0.15) is 69.2 Å². The Bertz CT molecular complexity index is 1140. The third-order valence-corrected chi connectivity index (χ3v) is 9.10. The van der Waals surface area contributed by atoms with E-state index in [9.17, 15) is 14.4 Å². The van der Waals surface area contributed by atoms with Crippen LogP contribution in [0.2, 0.25) is 5.02 Å². The van der Waals surface area contributed by atoms with Crippen molar-refractivity contribution < 1.29 is 14.4 Å². The first-order valence-electron chi connectivity index (χ1n) is 13.1. The smallest absolute Gasteiger partial charge is 0.245 e. The van der Waals surface area contributed by atoms with E-state index in [0.717, 1.165) is 54.7 Å². The van der Waals surface area contributed by atoms with Gasteiger partial charge in [0.2, 0.25) is 11.8 Å². The third-order valence-electron chi connectivity index (χ3n) is 7.99. The molecule has 1 aromatic heterocycles. The standard InChI is InChI=1S/C27H38ClN4O3P/c1-16(29-3)26(34)30-24(18-8-5-4-6-9-18)27(35)32-13-7-10-19(32)14-31-15-20(17(2)33)23-22(31)12-11-21(28)25(23)36/h11-12,15-16,18-19,24,29H,4-10,13-14,36H2,1-3H3,(H,30,34). The summed E-state index contributed by atoms with van der Waals surface area (Å²) in [5.74, 6) is 0.0467. The van der Waals surface area contributed by atoms with Gasteiger partial charge in [-0.3, -0.25) is 14.4 Å². The third kappa shape index (κ3) is 5.49. The van der Waals surface area contributed by atoms with Crippen LogP contribution in [0.15, 0.2) is 18.3 Å². The number of likely N-dealkylation sites (tertiary alicyclic amines) is 1. The molecule has 1 aliphatic heterocycles. The minimum absolute atomic E-state index is 0.00117. The summed E-state index contributed by atoms with van der Waals surface area (Å²) in [6.07, 6.45) is 9.01. The molecule has 4 unspecified atom stereocenters. The largest absolute Gasteiger partial charge is 0.345 e. The molecular weight excluding hydrogens is 495 g/mol. The molecule has 36 heavy (non-hydrogen) atoms. The van der Waals surface area contributed by atoms with E-state index >= 15 is 0 Å². The number of likely N-dealkylation sites (N-methyl/N-ethyl adjacent to an activating group) is 1. The molecule has 1 aromatic carbocycles. The topological polar surface area (TPSA) is 83.4 Å². The van der Waals surface area contributed by atoms with E-state index in [2.05, 4.69) is 24.4 Å². The number of fused-ring (bicyclic) bond motifs is 1. The second kappa shape index (κ2) is 11.6. The molecule has 9 heteroatoms. The van der Waals surface area contributed by atoms with Crippen molar-refractivity contribution in [2.75, 3.05) is 13.6 Å². The molecular formula is C27H38ClN4O3P. The number of ketones is 1. The maximum Gasteiger partial charge on any atom is 0.245 e. The van der Waals surface area contributed by atoms with Crippen molar-refractivity contribution >= 4 is 54.6 Å². The second-order valence-electron chi connectivity index (χ2n) is 10.3. The van der Waals surface area contributed by atoms with Crippen LogP contribution in [0.3, 0.4) is 0 Å². The second-order valence-corrected chi connectivity index (χ2v) is 11.3. The van der Waals surface area contributed by atoms with Crippen LogP contribution in [0.5, 0.6) is 0 Å². The molecule has 7 nitrogen and oxygen atoms in total. The predicted molar refractivity (Wildman–Crippen MR) is 148 cm³/mol. The van der Waals surface area contributed by atoms with Crippen LogP contribution in [0.25, 0.3) is 10.9 Å². The molecule has 4 atom stereocenters. The summed E-state index contributed by atoms with van der Waals surface area (Å²) in [5, 5.41) is 8.35. The summed E-state index contributed by atoms with van der Waals surface area (Å²) in [6.45, 7) is 4.66. The molecule has 2 fully saturated rings. The minimum Gasteiger partial charge on any atom is -0.345 e. The first kappa shape index (κ1) is 27.1. The quantitative estimate of drug-likeness (QED) is 0.401. The van der Waals surface area contributed by atoms with Gasteiger partial charge in [0.05, 0.1) is 6.04 Å². The molecule has 1 saturated carbocycles. The number of nitrogens with one attached hydrogen (secondary N) is 2. The van der Waals surface area contributed by atoms with Gasteiger partial charge in [0, 0.05) is 46.8 Å². The maximum atomic E-state index is 14.0. The maximum absolute atomic E-state index is 14.0. The van der Waals surface area contributed by atoms with Crippen LogP contribution < -0.4 is 15.9 Å². The Morgan fingerprint density at radius 3 is 2.53 bits per heavy atom. The van der Waals surface area contributed by atoms with Crippen molar-refractivity contribution in [3.05, 3.63) is 28.9 Å². The number of hydrogen-bond donors (Lipinski definition) is 2. The molecule has 1 saturated heterocycles. The molecule has 2 aromatic rings. The van der Waals surface area contributed by atoms with E-state index in [1.807, 2.05) is 30.2 Å². The highest BCUT2D eigenvalue weighted by Gasteiger charge is 2.39. The highest BCUT2D eigenvalue weighted by atomic mass is 35.5. The molecule has 2 heterocycles. The molecule has 1 aliphatic carbocycles. The fourth-order valence-electron chi connectivity index (χ4n) is 5.79. The Labute approximate surface area is 220 Å². The van der Waals surface area contributed by atoms with Crippen molar-refractivity contribution in [2.24, 2.45) is 5.92 Å². The predicted octanol–water partition coefficient (Wildman–Crippen LogP) is 3.66. The molecule has 0 radical (unpaired) electrons. The average Bonchev–Trinajstić information content (AvgIpc) is 3.49. The van der Waals surface area contributed by atoms with Gasteiger partial charge in [-0.1, -0.05) is 30.9 Å². The van der Waals surface area contributed by atoms with Gasteiger partial charge in [0.15, 0.2) is 5.78 Å². The summed E-state index contributed by atoms with van der Waals surface area (Å²) in [7, 11) is 4.41. The lowest BCUT2D eigenvalue weighted by molar-refractivity contribution is -0.139. The number of amides is 2. The van der Waals surface area contributed by atoms with Gasteiger partial charge >= 0.3 is 0 Å². The molecule has 196 valence electrons. The van der Waals surface area contributed by atoms with Crippen LogP contribution in [-0.4, -0.2) is 58.8 Å². The van der Waals surface area contributed by atoms with Gasteiger partial charge in [0.1, 0.15) is 6.04 Å². The van der Waals surface area contributed by atoms with Crippen LogP contribution in [0, 0.1) is 5.92 Å². The Balaban J connectivity index is 1.61. The number of aromatic nitrogens is 1. The number of nitrogens with zero attached hydrogens (tertiary/aromatic N) is 2. The minimum atomic E-state index is -0.499. The highest BCUT2D eigenvalue weighted by molar-refractivity contribution is 7.29.